The van der Waals surface area contributed by atoms with Crippen LogP contribution in [-0.2, 0) is 14.3 Å². The number of aliphatic hydroxyl groups excluding tert-OH is 1. The van der Waals surface area contributed by atoms with E-state index in [1.807, 2.05) is 0 Å². The molecule has 2 aromatic carbocycles. The molecule has 3 aromatic rings. The zero-order valence-corrected chi connectivity index (χ0v) is 23.1. The van der Waals surface area contributed by atoms with E-state index in [-0.39, 0.29) is 27.9 Å². The number of nitrogens with zero attached hydrogens (tertiary/aromatic N) is 2. The van der Waals surface area contributed by atoms with Crippen LogP contribution in [0.15, 0.2) is 66.8 Å². The molecule has 1 atom stereocenters. The highest BCUT2D eigenvalue weighted by Gasteiger charge is 2.48. The van der Waals surface area contributed by atoms with Gasteiger partial charge in [0.25, 0.3) is 5.78 Å². The molecule has 202 valence electrons. The second kappa shape index (κ2) is 12.3. The molecule has 1 amide bonds. The molecule has 0 saturated carbocycles. The fourth-order valence-electron chi connectivity index (χ4n) is 4.06. The van der Waals surface area contributed by atoms with Crippen molar-refractivity contribution in [3.8, 4) is 5.75 Å². The molecule has 10 heteroatoms. The molecule has 1 aliphatic heterocycles. The van der Waals surface area contributed by atoms with Crippen LogP contribution in [0.25, 0.3) is 5.76 Å². The van der Waals surface area contributed by atoms with Gasteiger partial charge in [0.05, 0.1) is 23.9 Å². The predicted molar refractivity (Wildman–Crippen MR) is 150 cm³/mol. The number of Topliss-reactive ketones (excluding diaryl/α,β-unsaturated/α-hetero) is 1. The van der Waals surface area contributed by atoms with Crippen molar-refractivity contribution >= 4 is 51.5 Å². The zero-order chi connectivity index (χ0) is 28.1. The van der Waals surface area contributed by atoms with Crippen molar-refractivity contribution in [2.75, 3.05) is 18.1 Å². The molecular weight excluding hydrogens is 540 g/mol. The number of anilines is 1. The second-order valence-corrected chi connectivity index (χ2v) is 10.2. The number of benzene rings is 2. The molecule has 0 bridgehead atoms. The van der Waals surface area contributed by atoms with Crippen LogP contribution in [0.5, 0.6) is 5.75 Å². The van der Waals surface area contributed by atoms with Gasteiger partial charge in [0.1, 0.15) is 23.0 Å². The van der Waals surface area contributed by atoms with E-state index >= 15 is 0 Å². The van der Waals surface area contributed by atoms with Crippen molar-refractivity contribution in [3.63, 3.8) is 0 Å². The van der Waals surface area contributed by atoms with Crippen LogP contribution in [0.1, 0.15) is 52.3 Å². The van der Waals surface area contributed by atoms with Gasteiger partial charge in [-0.1, -0.05) is 61.1 Å². The number of esters is 1. The number of ether oxygens (including phenoxy) is 2. The van der Waals surface area contributed by atoms with Gasteiger partial charge in [-0.05, 0) is 55.3 Å². The number of hydrogen-bond donors (Lipinski definition) is 1. The van der Waals surface area contributed by atoms with Crippen LogP contribution >= 0.6 is 22.9 Å². The molecule has 8 nitrogen and oxygen atoms in total. The minimum absolute atomic E-state index is 0.0171. The number of aromatic nitrogens is 1. The number of unbranched alkanes of at least 4 members (excludes halogenated alkanes) is 1. The van der Waals surface area contributed by atoms with E-state index in [0.29, 0.717) is 34.2 Å². The third-order valence-corrected chi connectivity index (χ3v) is 7.42. The maximum Gasteiger partial charge on any atom is 0.350 e. The summed E-state index contributed by atoms with van der Waals surface area (Å²) in [6, 6.07) is 12.2. The quantitative estimate of drug-likeness (QED) is 0.0771. The average molecular weight is 567 g/mol. The van der Waals surface area contributed by atoms with Crippen LogP contribution in [0, 0.1) is 6.92 Å². The molecule has 1 saturated heterocycles. The second-order valence-electron chi connectivity index (χ2n) is 8.75. The molecule has 4 rings (SSSR count). The van der Waals surface area contributed by atoms with Crippen molar-refractivity contribution in [2.45, 2.75) is 32.7 Å². The molecule has 1 aliphatic rings. The summed E-state index contributed by atoms with van der Waals surface area (Å²) >= 11 is 7.02. The first-order chi connectivity index (χ1) is 18.8. The van der Waals surface area contributed by atoms with Gasteiger partial charge in [-0.25, -0.2) is 9.78 Å². The maximum atomic E-state index is 13.4. The first-order valence-corrected chi connectivity index (χ1v) is 13.5. The summed E-state index contributed by atoms with van der Waals surface area (Å²) in [7, 11) is 0. The lowest BCUT2D eigenvalue weighted by molar-refractivity contribution is -0.132. The van der Waals surface area contributed by atoms with Gasteiger partial charge in [-0.2, -0.15) is 0 Å². The fourth-order valence-corrected chi connectivity index (χ4v) is 5.18. The molecule has 1 aromatic heterocycles. The summed E-state index contributed by atoms with van der Waals surface area (Å²) in [5, 5.41) is 11.9. The van der Waals surface area contributed by atoms with Gasteiger partial charge in [0, 0.05) is 10.6 Å². The highest BCUT2D eigenvalue weighted by atomic mass is 35.5. The van der Waals surface area contributed by atoms with Crippen LogP contribution in [0.2, 0.25) is 5.02 Å². The Labute approximate surface area is 235 Å². The molecule has 0 radical (unpaired) electrons. The average Bonchev–Trinajstić information content (AvgIpc) is 3.44. The Bertz CT molecular complexity index is 1430. The number of carbonyl (C=O) groups is 3. The molecule has 39 heavy (non-hydrogen) atoms. The Morgan fingerprint density at radius 3 is 2.51 bits per heavy atom. The summed E-state index contributed by atoms with van der Waals surface area (Å²) in [6.07, 6.45) is 3.36. The van der Waals surface area contributed by atoms with E-state index in [2.05, 4.69) is 18.5 Å². The predicted octanol–water partition coefficient (Wildman–Crippen LogP) is 6.25. The normalized spacial score (nSPS) is 16.4. The van der Waals surface area contributed by atoms with E-state index in [1.165, 1.54) is 11.0 Å². The molecule has 0 unspecified atom stereocenters. The highest BCUT2D eigenvalue weighted by Crippen LogP contribution is 2.44. The third-order valence-electron chi connectivity index (χ3n) is 6.03. The number of aryl methyl sites for hydroxylation is 1. The van der Waals surface area contributed by atoms with E-state index in [4.69, 9.17) is 21.1 Å². The monoisotopic (exact) mass is 566 g/mol. The van der Waals surface area contributed by atoms with Crippen molar-refractivity contribution in [1.82, 2.24) is 4.98 Å². The molecule has 2 heterocycles. The van der Waals surface area contributed by atoms with Gasteiger partial charge < -0.3 is 14.6 Å². The Morgan fingerprint density at radius 1 is 1.18 bits per heavy atom. The number of thiazole rings is 1. The SMILES string of the molecule is C=CCOC(=O)c1sc(N2C(=O)C(=O)C(=C(O)c3ccc(OCCCC)cc3)[C@H]2c2ccc(Cl)cc2)nc1C. The summed E-state index contributed by atoms with van der Waals surface area (Å²) in [6.45, 7) is 7.80. The fraction of sp³-hybridized carbons (Fsp3) is 0.241. The first kappa shape index (κ1) is 28.1. The lowest BCUT2D eigenvalue weighted by atomic mass is 9.95. The standard InChI is InChI=1S/C29H27ClN2O6S/c1-4-6-16-37-21-13-9-19(10-14-21)24(33)22-23(18-7-11-20(30)12-8-18)32(27(35)25(22)34)29-31-17(3)26(39-29)28(36)38-15-5-2/h5,7-14,23,33H,2,4,6,15-16H2,1,3H3/t23-/m1/s1. The Hall–Kier alpha value is -3.95. The maximum absolute atomic E-state index is 13.4. The van der Waals surface area contributed by atoms with Gasteiger partial charge in [-0.3, -0.25) is 14.5 Å². The zero-order valence-electron chi connectivity index (χ0n) is 21.5. The van der Waals surface area contributed by atoms with Crippen molar-refractivity contribution in [1.29, 1.82) is 0 Å². The Kier molecular flexibility index (Phi) is 8.83. The smallest absolute Gasteiger partial charge is 0.350 e. The van der Waals surface area contributed by atoms with Crippen LogP contribution in [0.3, 0.4) is 0 Å². The minimum atomic E-state index is -1.01. The molecular formula is C29H27ClN2O6S. The van der Waals surface area contributed by atoms with E-state index < -0.39 is 23.7 Å². The first-order valence-electron chi connectivity index (χ1n) is 12.3. The van der Waals surface area contributed by atoms with Gasteiger partial charge >= 0.3 is 11.9 Å². The topological polar surface area (TPSA) is 106 Å². The molecule has 1 fully saturated rings. The minimum Gasteiger partial charge on any atom is -0.507 e. The van der Waals surface area contributed by atoms with Crippen LogP contribution in [-0.4, -0.2) is 41.0 Å². The lowest BCUT2D eigenvalue weighted by Gasteiger charge is -2.23. The van der Waals surface area contributed by atoms with Gasteiger partial charge in [0.2, 0.25) is 0 Å². The summed E-state index contributed by atoms with van der Waals surface area (Å²) in [5.74, 6) is -2.08. The number of ketones is 1. The number of aliphatic hydroxyl groups is 1. The largest absolute Gasteiger partial charge is 0.507 e. The van der Waals surface area contributed by atoms with Crippen LogP contribution in [0.4, 0.5) is 5.13 Å². The molecule has 0 spiro atoms. The summed E-state index contributed by atoms with van der Waals surface area (Å²) in [4.78, 5) is 45.1. The Morgan fingerprint density at radius 2 is 1.87 bits per heavy atom. The van der Waals surface area contributed by atoms with E-state index in [0.717, 1.165) is 24.2 Å². The third kappa shape index (κ3) is 5.89. The van der Waals surface area contributed by atoms with E-state index in [1.54, 1.807) is 55.5 Å². The Balaban J connectivity index is 1.79. The highest BCUT2D eigenvalue weighted by molar-refractivity contribution is 7.17. The van der Waals surface area contributed by atoms with Gasteiger partial charge in [-0.15, -0.1) is 0 Å². The van der Waals surface area contributed by atoms with Gasteiger partial charge in [0.15, 0.2) is 5.13 Å². The summed E-state index contributed by atoms with van der Waals surface area (Å²) < 4.78 is 10.8. The van der Waals surface area contributed by atoms with Crippen molar-refractivity contribution < 1.29 is 29.0 Å². The number of amides is 1. The molecule has 0 aliphatic carbocycles. The summed E-state index contributed by atoms with van der Waals surface area (Å²) in [5.41, 5.74) is 1.12. The van der Waals surface area contributed by atoms with Crippen molar-refractivity contribution in [2.24, 2.45) is 0 Å². The number of rotatable bonds is 10. The number of hydrogen-bond acceptors (Lipinski definition) is 8. The molecule has 1 N–H and O–H groups in total. The number of halogens is 1. The van der Waals surface area contributed by atoms with E-state index in [9.17, 15) is 19.5 Å². The van der Waals surface area contributed by atoms with Crippen molar-refractivity contribution in [3.05, 3.63) is 93.5 Å². The van der Waals surface area contributed by atoms with Crippen LogP contribution < -0.4 is 9.64 Å². The number of carbonyl (C=O) groups excluding carboxylic acids is 3. The lowest BCUT2D eigenvalue weighted by Crippen LogP contribution is -2.29.